The second kappa shape index (κ2) is 16.4. The maximum atomic E-state index is 13.5. The summed E-state index contributed by atoms with van der Waals surface area (Å²) < 4.78 is 22.8. The molecule has 1 fully saturated rings. The number of hydrogen-bond donors (Lipinski definition) is 1. The van der Waals surface area contributed by atoms with Gasteiger partial charge >= 0.3 is 11.9 Å². The number of thiophene rings is 1. The summed E-state index contributed by atoms with van der Waals surface area (Å²) in [7, 11) is 5.13. The third-order valence-electron chi connectivity index (χ3n) is 8.02. The standard InChI is InChI=1S/C35H37Cl2N3O6S/c1-40-14-13-24(21-40)45-34(41)17-29(22-7-5-4-6-8-22)39-18-25-10-12-33(47-25)35(42)46-31(16-26-27(36)19-38-20-28(26)37)23-9-11-30(43-2)32(15-23)44-3/h4-12,15,19-20,24,29,31,39H,13-14,16-18,21H2,1-3H3/p+1/t24-,29?,31+/m1/s1. The van der Waals surface area contributed by atoms with Crippen molar-refractivity contribution in [1.29, 1.82) is 0 Å². The Morgan fingerprint density at radius 1 is 1.00 bits per heavy atom. The van der Waals surface area contributed by atoms with Crippen LogP contribution in [0.5, 0.6) is 11.5 Å². The van der Waals surface area contributed by atoms with Crippen molar-refractivity contribution in [3.63, 3.8) is 0 Å². The van der Waals surface area contributed by atoms with Crippen molar-refractivity contribution in [2.24, 2.45) is 0 Å². The molecule has 2 N–H and O–H groups in total. The predicted molar refractivity (Wildman–Crippen MR) is 181 cm³/mol. The molecule has 9 nitrogen and oxygen atoms in total. The summed E-state index contributed by atoms with van der Waals surface area (Å²) in [4.78, 5) is 32.8. The van der Waals surface area contributed by atoms with Crippen LogP contribution in [-0.4, -0.2) is 57.3 Å². The molecule has 0 amide bonds. The highest BCUT2D eigenvalue weighted by Gasteiger charge is 2.27. The molecule has 5 rings (SSSR count). The summed E-state index contributed by atoms with van der Waals surface area (Å²) >= 11 is 14.3. The zero-order valence-corrected chi connectivity index (χ0v) is 28.8. The molecule has 3 heterocycles. The number of rotatable bonds is 14. The topological polar surface area (TPSA) is 100 Å². The molecule has 2 aromatic heterocycles. The van der Waals surface area contributed by atoms with Crippen LogP contribution >= 0.6 is 34.5 Å². The minimum atomic E-state index is -0.725. The van der Waals surface area contributed by atoms with E-state index in [1.165, 1.54) is 11.3 Å². The number of pyridine rings is 1. The molecule has 4 aromatic rings. The number of H-pyrrole nitrogens is 1. The van der Waals surface area contributed by atoms with Gasteiger partial charge in [-0.05, 0) is 48.9 Å². The van der Waals surface area contributed by atoms with Gasteiger partial charge in [0.2, 0.25) is 0 Å². The SMILES string of the molecule is COc1ccc([C@H](Cc2c(Cl)c[nH+]cc2Cl)OC(=O)c2ccc(CNC(CC(=O)O[C@@H]3CCN(C)C3)c3ccccc3)s2)cc1OC. The summed E-state index contributed by atoms with van der Waals surface area (Å²) in [6, 6.07) is 18.5. The molecule has 0 spiro atoms. The van der Waals surface area contributed by atoms with Crippen LogP contribution in [0.25, 0.3) is 0 Å². The Morgan fingerprint density at radius 3 is 2.43 bits per heavy atom. The molecular weight excluding hydrogens is 661 g/mol. The Bertz CT molecular complexity index is 1650. The first-order valence-corrected chi connectivity index (χ1v) is 16.8. The summed E-state index contributed by atoms with van der Waals surface area (Å²) in [5.74, 6) is 0.331. The molecule has 0 aliphatic carbocycles. The Kier molecular flexibility index (Phi) is 12.1. The van der Waals surface area contributed by atoms with E-state index in [1.807, 2.05) is 49.5 Å². The minimum Gasteiger partial charge on any atom is -0.493 e. The highest BCUT2D eigenvalue weighted by Crippen LogP contribution is 2.36. The van der Waals surface area contributed by atoms with Crippen LogP contribution in [-0.2, 0) is 27.2 Å². The number of halogens is 2. The molecule has 1 unspecified atom stereocenters. The number of carbonyl (C=O) groups excluding carboxylic acids is 2. The van der Waals surface area contributed by atoms with E-state index < -0.39 is 12.1 Å². The van der Waals surface area contributed by atoms with Gasteiger partial charge in [0.05, 0.1) is 20.6 Å². The van der Waals surface area contributed by atoms with Gasteiger partial charge in [-0.1, -0.05) is 59.6 Å². The first-order valence-electron chi connectivity index (χ1n) is 15.3. The number of ether oxygens (including phenoxy) is 4. The monoisotopic (exact) mass is 698 g/mol. The predicted octanol–water partition coefficient (Wildman–Crippen LogP) is 6.50. The van der Waals surface area contributed by atoms with Crippen LogP contribution in [0.15, 0.2) is 73.1 Å². The number of aromatic nitrogens is 1. The number of aromatic amines is 1. The minimum absolute atomic E-state index is 0.0788. The molecule has 1 saturated heterocycles. The van der Waals surface area contributed by atoms with E-state index in [2.05, 4.69) is 15.2 Å². The quantitative estimate of drug-likeness (QED) is 0.149. The van der Waals surface area contributed by atoms with Crippen LogP contribution in [0.3, 0.4) is 0 Å². The van der Waals surface area contributed by atoms with Gasteiger partial charge in [0.15, 0.2) is 23.9 Å². The van der Waals surface area contributed by atoms with Gasteiger partial charge in [-0.25, -0.2) is 9.78 Å². The van der Waals surface area contributed by atoms with Crippen molar-refractivity contribution in [3.8, 4) is 11.5 Å². The number of likely N-dealkylation sites (tertiary alicyclic amines) is 1. The third kappa shape index (κ3) is 9.24. The number of nitrogens with one attached hydrogen (secondary N) is 2. The van der Waals surface area contributed by atoms with Crippen LogP contribution in [0, 0.1) is 0 Å². The molecule has 2 aromatic carbocycles. The summed E-state index contributed by atoms with van der Waals surface area (Å²) in [6.07, 6.45) is 3.73. The fraction of sp³-hybridized carbons (Fsp3) is 0.343. The lowest BCUT2D eigenvalue weighted by atomic mass is 10.0. The van der Waals surface area contributed by atoms with Gasteiger partial charge < -0.3 is 29.2 Å². The molecule has 248 valence electrons. The number of likely N-dealkylation sites (N-methyl/N-ethyl adjacent to an activating group) is 1. The molecule has 12 heteroatoms. The first-order chi connectivity index (χ1) is 22.7. The van der Waals surface area contributed by atoms with Crippen molar-refractivity contribution < 1.29 is 33.5 Å². The maximum absolute atomic E-state index is 13.5. The molecule has 1 aliphatic heterocycles. The molecule has 0 radical (unpaired) electrons. The van der Waals surface area contributed by atoms with E-state index in [-0.39, 0.29) is 31.0 Å². The Hall–Kier alpha value is -3.67. The zero-order chi connectivity index (χ0) is 33.3. The average Bonchev–Trinajstić information content (AvgIpc) is 3.73. The van der Waals surface area contributed by atoms with Crippen molar-refractivity contribution in [2.45, 2.75) is 44.1 Å². The van der Waals surface area contributed by atoms with Crippen LogP contribution in [0.1, 0.15) is 56.2 Å². The first kappa shape index (κ1) is 34.7. The fourth-order valence-electron chi connectivity index (χ4n) is 5.52. The van der Waals surface area contributed by atoms with Crippen molar-refractivity contribution in [2.75, 3.05) is 34.4 Å². The normalized spacial score (nSPS) is 16.0. The van der Waals surface area contributed by atoms with Gasteiger partial charge in [0.1, 0.15) is 27.1 Å². The molecule has 0 saturated carbocycles. The van der Waals surface area contributed by atoms with Crippen molar-refractivity contribution in [1.82, 2.24) is 10.2 Å². The second-order valence-corrected chi connectivity index (χ2v) is 13.3. The highest BCUT2D eigenvalue weighted by atomic mass is 35.5. The van der Waals surface area contributed by atoms with E-state index >= 15 is 0 Å². The van der Waals surface area contributed by atoms with Crippen molar-refractivity contribution >= 4 is 46.5 Å². The number of carbonyl (C=O) groups is 2. The number of hydrogen-bond acceptors (Lipinski definition) is 9. The lowest BCUT2D eigenvalue weighted by molar-refractivity contribution is -0.377. The molecule has 1 aliphatic rings. The summed E-state index contributed by atoms with van der Waals surface area (Å²) in [5.41, 5.74) is 2.31. The van der Waals surface area contributed by atoms with Gasteiger partial charge in [-0.15, -0.1) is 11.3 Å². The van der Waals surface area contributed by atoms with Gasteiger partial charge in [0, 0.05) is 42.5 Å². The van der Waals surface area contributed by atoms with E-state index in [9.17, 15) is 9.59 Å². The van der Waals surface area contributed by atoms with Crippen LogP contribution in [0.4, 0.5) is 0 Å². The Balaban J connectivity index is 1.29. The summed E-state index contributed by atoms with van der Waals surface area (Å²) in [6.45, 7) is 2.12. The van der Waals surface area contributed by atoms with Crippen LogP contribution < -0.4 is 19.8 Å². The largest absolute Gasteiger partial charge is 0.493 e. The van der Waals surface area contributed by atoms with Crippen LogP contribution in [0.2, 0.25) is 10.0 Å². The molecule has 47 heavy (non-hydrogen) atoms. The number of esters is 2. The lowest BCUT2D eigenvalue weighted by Gasteiger charge is -2.20. The second-order valence-electron chi connectivity index (χ2n) is 11.3. The fourth-order valence-corrected chi connectivity index (χ4v) is 6.89. The number of methoxy groups -OCH3 is 2. The third-order valence-corrected chi connectivity index (χ3v) is 9.76. The van der Waals surface area contributed by atoms with Gasteiger partial charge in [-0.3, -0.25) is 4.79 Å². The highest BCUT2D eigenvalue weighted by molar-refractivity contribution is 7.13. The van der Waals surface area contributed by atoms with E-state index in [0.717, 1.165) is 30.0 Å². The summed E-state index contributed by atoms with van der Waals surface area (Å²) in [5, 5.41) is 4.35. The van der Waals surface area contributed by atoms with E-state index in [0.29, 0.717) is 44.1 Å². The maximum Gasteiger partial charge on any atom is 0.348 e. The van der Waals surface area contributed by atoms with Gasteiger partial charge in [0.25, 0.3) is 0 Å². The average molecular weight is 700 g/mol. The van der Waals surface area contributed by atoms with E-state index in [4.69, 9.17) is 42.1 Å². The van der Waals surface area contributed by atoms with Gasteiger partial charge in [-0.2, -0.15) is 0 Å². The Labute approximate surface area is 288 Å². The number of benzene rings is 2. The lowest BCUT2D eigenvalue weighted by Crippen LogP contribution is -2.27. The zero-order valence-electron chi connectivity index (χ0n) is 26.5. The Morgan fingerprint density at radius 2 is 1.74 bits per heavy atom. The molecule has 3 atom stereocenters. The smallest absolute Gasteiger partial charge is 0.348 e. The van der Waals surface area contributed by atoms with Crippen molar-refractivity contribution in [3.05, 3.63) is 110 Å². The molecule has 0 bridgehead atoms. The number of nitrogens with zero attached hydrogens (tertiary/aromatic N) is 1. The van der Waals surface area contributed by atoms with E-state index in [1.54, 1.807) is 44.8 Å². The molecular formula is C35H38Cl2N3O6S+.